The van der Waals surface area contributed by atoms with Crippen molar-refractivity contribution in [2.75, 3.05) is 32.8 Å². The smallest absolute Gasteiger partial charge is 0.338 e. The maximum absolute atomic E-state index is 12.4. The second-order valence-electron chi connectivity index (χ2n) is 6.26. The molecule has 27 heavy (non-hydrogen) atoms. The first-order valence-electron chi connectivity index (χ1n) is 8.62. The van der Waals surface area contributed by atoms with Crippen molar-refractivity contribution in [3.63, 3.8) is 0 Å². The molecule has 0 aromatic heterocycles. The summed E-state index contributed by atoms with van der Waals surface area (Å²) in [5, 5.41) is 0. The molecule has 0 bridgehead atoms. The molecule has 0 aliphatic carbocycles. The van der Waals surface area contributed by atoms with Crippen LogP contribution in [0, 0.1) is 0 Å². The highest BCUT2D eigenvalue weighted by atomic mass is 16.5. The van der Waals surface area contributed by atoms with Crippen molar-refractivity contribution < 1.29 is 28.7 Å². The third-order valence-corrected chi connectivity index (χ3v) is 4.47. The molecular weight excluding hydrogens is 352 g/mol. The summed E-state index contributed by atoms with van der Waals surface area (Å²) in [6, 6.07) is 4.16. The number of benzene rings is 1. The fraction of sp³-hybridized carbons (Fsp3) is 0.368. The quantitative estimate of drug-likeness (QED) is 0.433. The number of fused-ring (bicyclic) bond motifs is 1. The molecule has 1 unspecified atom stereocenters. The predicted octanol–water partition coefficient (Wildman–Crippen LogP) is 0.873. The van der Waals surface area contributed by atoms with Gasteiger partial charge in [-0.25, -0.2) is 4.79 Å². The summed E-state index contributed by atoms with van der Waals surface area (Å²) in [4.78, 5) is 51.9. The standard InChI is InChI=1S/C19H20N2O6/c1-3-6-21-17(23)14-5-4-13(11-15(14)18(21)24)19(25)27-12(2)16(22)20-7-9-26-10-8-20/h3-5,11-12H,1,6-10H2,2H3. The Balaban J connectivity index is 1.71. The van der Waals surface area contributed by atoms with E-state index in [1.54, 1.807) is 4.90 Å². The molecule has 142 valence electrons. The number of ether oxygens (including phenoxy) is 2. The first kappa shape index (κ1) is 18.8. The van der Waals surface area contributed by atoms with Gasteiger partial charge in [0.2, 0.25) is 0 Å². The van der Waals surface area contributed by atoms with Gasteiger partial charge in [-0.2, -0.15) is 0 Å². The van der Waals surface area contributed by atoms with Gasteiger partial charge in [0.1, 0.15) is 0 Å². The minimum absolute atomic E-state index is 0.0945. The third kappa shape index (κ3) is 3.61. The zero-order valence-electron chi connectivity index (χ0n) is 15.0. The van der Waals surface area contributed by atoms with E-state index in [2.05, 4.69) is 6.58 Å². The van der Waals surface area contributed by atoms with E-state index in [-0.39, 0.29) is 29.1 Å². The largest absolute Gasteiger partial charge is 0.449 e. The number of hydrogen-bond acceptors (Lipinski definition) is 6. The molecule has 2 aliphatic rings. The maximum atomic E-state index is 12.4. The highest BCUT2D eigenvalue weighted by Crippen LogP contribution is 2.24. The van der Waals surface area contributed by atoms with Crippen LogP contribution in [-0.2, 0) is 14.3 Å². The Bertz CT molecular complexity index is 812. The Morgan fingerprint density at radius 1 is 1.22 bits per heavy atom. The molecule has 1 aromatic rings. The van der Waals surface area contributed by atoms with Gasteiger partial charge in [0.05, 0.1) is 29.9 Å². The summed E-state index contributed by atoms with van der Waals surface area (Å²) in [5.74, 6) is -1.93. The van der Waals surface area contributed by atoms with Crippen molar-refractivity contribution in [3.8, 4) is 0 Å². The summed E-state index contributed by atoms with van der Waals surface area (Å²) in [7, 11) is 0. The summed E-state index contributed by atoms with van der Waals surface area (Å²) in [6.45, 7) is 6.94. The first-order valence-corrected chi connectivity index (χ1v) is 8.62. The van der Waals surface area contributed by atoms with Crippen LogP contribution in [0.25, 0.3) is 0 Å². The highest BCUT2D eigenvalue weighted by molar-refractivity contribution is 6.22. The molecule has 1 fully saturated rings. The number of nitrogens with zero attached hydrogens (tertiary/aromatic N) is 2. The normalized spacial score (nSPS) is 17.5. The zero-order valence-corrected chi connectivity index (χ0v) is 15.0. The molecule has 1 aromatic carbocycles. The van der Waals surface area contributed by atoms with Crippen LogP contribution in [-0.4, -0.2) is 72.4 Å². The lowest BCUT2D eigenvalue weighted by molar-refractivity contribution is -0.143. The van der Waals surface area contributed by atoms with Crippen molar-refractivity contribution in [1.82, 2.24) is 9.80 Å². The third-order valence-electron chi connectivity index (χ3n) is 4.47. The predicted molar refractivity (Wildman–Crippen MR) is 94.3 cm³/mol. The van der Waals surface area contributed by atoms with Gasteiger partial charge in [-0.1, -0.05) is 6.08 Å². The van der Waals surface area contributed by atoms with Crippen LogP contribution in [0.4, 0.5) is 0 Å². The number of imide groups is 1. The summed E-state index contributed by atoms with van der Waals surface area (Å²) in [5.41, 5.74) is 0.483. The van der Waals surface area contributed by atoms with E-state index < -0.39 is 23.9 Å². The Morgan fingerprint density at radius 3 is 2.56 bits per heavy atom. The zero-order chi connectivity index (χ0) is 19.6. The van der Waals surface area contributed by atoms with Crippen LogP contribution in [0.1, 0.15) is 38.0 Å². The van der Waals surface area contributed by atoms with Gasteiger partial charge >= 0.3 is 5.97 Å². The van der Waals surface area contributed by atoms with E-state index in [0.29, 0.717) is 26.3 Å². The second-order valence-corrected chi connectivity index (χ2v) is 6.26. The Kier molecular flexibility index (Phi) is 5.36. The van der Waals surface area contributed by atoms with Crippen LogP contribution in [0.15, 0.2) is 30.9 Å². The molecule has 2 heterocycles. The van der Waals surface area contributed by atoms with Crippen molar-refractivity contribution >= 4 is 23.7 Å². The monoisotopic (exact) mass is 372 g/mol. The van der Waals surface area contributed by atoms with Crippen LogP contribution in [0.2, 0.25) is 0 Å². The van der Waals surface area contributed by atoms with E-state index in [1.165, 1.54) is 31.2 Å². The van der Waals surface area contributed by atoms with E-state index in [0.717, 1.165) is 4.90 Å². The molecule has 8 nitrogen and oxygen atoms in total. The van der Waals surface area contributed by atoms with Gasteiger partial charge in [0, 0.05) is 19.6 Å². The topological polar surface area (TPSA) is 93.2 Å². The van der Waals surface area contributed by atoms with Crippen LogP contribution in [0.5, 0.6) is 0 Å². The van der Waals surface area contributed by atoms with Gasteiger partial charge in [0.25, 0.3) is 17.7 Å². The SMILES string of the molecule is C=CCN1C(=O)c2ccc(C(=O)OC(C)C(=O)N3CCOCC3)cc2C1=O. The Labute approximate surface area is 156 Å². The second kappa shape index (κ2) is 7.71. The van der Waals surface area contributed by atoms with Crippen molar-refractivity contribution in [1.29, 1.82) is 0 Å². The lowest BCUT2D eigenvalue weighted by atomic mass is 10.1. The molecular formula is C19H20N2O6. The van der Waals surface area contributed by atoms with Gasteiger partial charge in [-0.15, -0.1) is 6.58 Å². The molecule has 1 atom stereocenters. The molecule has 2 aliphatic heterocycles. The van der Waals surface area contributed by atoms with Crippen molar-refractivity contribution in [2.24, 2.45) is 0 Å². The number of hydrogen-bond donors (Lipinski definition) is 0. The summed E-state index contributed by atoms with van der Waals surface area (Å²) >= 11 is 0. The first-order chi connectivity index (χ1) is 12.9. The van der Waals surface area contributed by atoms with Gasteiger partial charge in [0.15, 0.2) is 6.10 Å². The average Bonchev–Trinajstić information content (AvgIpc) is 2.92. The van der Waals surface area contributed by atoms with Crippen LogP contribution in [0.3, 0.4) is 0 Å². The number of rotatable bonds is 5. The molecule has 3 rings (SSSR count). The number of carbonyl (C=O) groups excluding carboxylic acids is 4. The molecule has 0 saturated carbocycles. The molecule has 3 amide bonds. The van der Waals surface area contributed by atoms with Crippen LogP contribution < -0.4 is 0 Å². The van der Waals surface area contributed by atoms with E-state index >= 15 is 0 Å². The minimum Gasteiger partial charge on any atom is -0.449 e. The fourth-order valence-electron chi connectivity index (χ4n) is 3.03. The minimum atomic E-state index is -0.960. The Morgan fingerprint density at radius 2 is 1.89 bits per heavy atom. The molecule has 1 saturated heterocycles. The highest BCUT2D eigenvalue weighted by Gasteiger charge is 2.35. The van der Waals surface area contributed by atoms with E-state index in [4.69, 9.17) is 9.47 Å². The fourth-order valence-corrected chi connectivity index (χ4v) is 3.03. The average molecular weight is 372 g/mol. The lowest BCUT2D eigenvalue weighted by Gasteiger charge is -2.28. The number of morpholine rings is 1. The number of esters is 1. The van der Waals surface area contributed by atoms with Crippen molar-refractivity contribution in [2.45, 2.75) is 13.0 Å². The lowest BCUT2D eigenvalue weighted by Crippen LogP contribution is -2.46. The van der Waals surface area contributed by atoms with Crippen molar-refractivity contribution in [3.05, 3.63) is 47.5 Å². The van der Waals surface area contributed by atoms with Gasteiger partial charge < -0.3 is 14.4 Å². The van der Waals surface area contributed by atoms with E-state index in [1.807, 2.05) is 0 Å². The molecule has 0 spiro atoms. The van der Waals surface area contributed by atoms with Gasteiger partial charge in [-0.3, -0.25) is 19.3 Å². The Hall–Kier alpha value is -3.00. The number of carbonyl (C=O) groups is 4. The van der Waals surface area contributed by atoms with Crippen LogP contribution >= 0.6 is 0 Å². The molecule has 8 heteroatoms. The maximum Gasteiger partial charge on any atom is 0.338 e. The molecule has 0 N–H and O–H groups in total. The summed E-state index contributed by atoms with van der Waals surface area (Å²) in [6.07, 6.45) is 0.494. The van der Waals surface area contributed by atoms with E-state index in [9.17, 15) is 19.2 Å². The molecule has 0 radical (unpaired) electrons. The summed E-state index contributed by atoms with van der Waals surface area (Å²) < 4.78 is 10.4. The number of amides is 3. The van der Waals surface area contributed by atoms with Gasteiger partial charge in [-0.05, 0) is 25.1 Å².